The third kappa shape index (κ3) is 5.58. The van der Waals surface area contributed by atoms with Gasteiger partial charge in [-0.1, -0.05) is 0 Å². The normalized spacial score (nSPS) is 11.4. The molecule has 1 rings (SSSR count). The first-order valence-electron chi connectivity index (χ1n) is 6.10. The zero-order valence-electron chi connectivity index (χ0n) is 11.1. The van der Waals surface area contributed by atoms with Crippen LogP contribution in [0.15, 0.2) is 24.3 Å². The molecule has 0 fully saturated rings. The van der Waals surface area contributed by atoms with E-state index in [2.05, 4.69) is 10.6 Å². The SMILES string of the molecule is COCCNCCNC(=O)c1ccc(C(F)(F)F)cc1. The van der Waals surface area contributed by atoms with Gasteiger partial charge in [0, 0.05) is 32.3 Å². The number of methoxy groups -OCH3 is 1. The number of carbonyl (C=O) groups is 1. The summed E-state index contributed by atoms with van der Waals surface area (Å²) in [5.41, 5.74) is -0.565. The molecule has 0 heterocycles. The van der Waals surface area contributed by atoms with Gasteiger partial charge in [-0.2, -0.15) is 13.2 Å². The Hall–Kier alpha value is -1.60. The van der Waals surface area contributed by atoms with Crippen LogP contribution in [-0.4, -0.2) is 39.3 Å². The van der Waals surface area contributed by atoms with Crippen molar-refractivity contribution in [2.24, 2.45) is 0 Å². The van der Waals surface area contributed by atoms with E-state index in [9.17, 15) is 18.0 Å². The molecule has 0 aliphatic rings. The van der Waals surface area contributed by atoms with Gasteiger partial charge in [0.25, 0.3) is 5.91 Å². The molecule has 0 unspecified atom stereocenters. The Labute approximate surface area is 115 Å². The van der Waals surface area contributed by atoms with Crippen LogP contribution in [0.25, 0.3) is 0 Å². The number of nitrogens with one attached hydrogen (secondary N) is 2. The summed E-state index contributed by atoms with van der Waals surface area (Å²) in [7, 11) is 1.59. The molecule has 0 radical (unpaired) electrons. The Bertz CT molecular complexity index is 419. The standard InChI is InChI=1S/C13H17F3N2O2/c1-20-9-8-17-6-7-18-12(19)10-2-4-11(5-3-10)13(14,15)16/h2-5,17H,6-9H2,1H3,(H,18,19). The summed E-state index contributed by atoms with van der Waals surface area (Å²) >= 11 is 0. The van der Waals surface area contributed by atoms with Crippen molar-refractivity contribution >= 4 is 5.91 Å². The second kappa shape index (κ2) is 7.86. The molecule has 1 aromatic carbocycles. The van der Waals surface area contributed by atoms with E-state index in [1.807, 2.05) is 0 Å². The maximum Gasteiger partial charge on any atom is 0.416 e. The first kappa shape index (κ1) is 16.5. The summed E-state index contributed by atoms with van der Waals surface area (Å²) in [6.07, 6.45) is -4.39. The summed E-state index contributed by atoms with van der Waals surface area (Å²) in [4.78, 5) is 11.6. The van der Waals surface area contributed by atoms with Crippen LogP contribution < -0.4 is 10.6 Å². The fourth-order valence-corrected chi connectivity index (χ4v) is 1.48. The fraction of sp³-hybridized carbons (Fsp3) is 0.462. The van der Waals surface area contributed by atoms with Gasteiger partial charge in [0.05, 0.1) is 12.2 Å². The number of amides is 1. The molecule has 0 bridgehead atoms. The molecule has 112 valence electrons. The van der Waals surface area contributed by atoms with Gasteiger partial charge in [-0.3, -0.25) is 4.79 Å². The lowest BCUT2D eigenvalue weighted by molar-refractivity contribution is -0.137. The molecule has 0 spiro atoms. The first-order valence-corrected chi connectivity index (χ1v) is 6.10. The van der Waals surface area contributed by atoms with Crippen molar-refractivity contribution in [3.63, 3.8) is 0 Å². The van der Waals surface area contributed by atoms with Gasteiger partial charge in [-0.15, -0.1) is 0 Å². The lowest BCUT2D eigenvalue weighted by Crippen LogP contribution is -2.33. The Kier molecular flexibility index (Phi) is 6.47. The molecule has 7 heteroatoms. The molecule has 0 saturated carbocycles. The quantitative estimate of drug-likeness (QED) is 0.751. The fourth-order valence-electron chi connectivity index (χ4n) is 1.48. The van der Waals surface area contributed by atoms with Crippen LogP contribution >= 0.6 is 0 Å². The van der Waals surface area contributed by atoms with Gasteiger partial charge in [-0.05, 0) is 24.3 Å². The third-order valence-corrected chi connectivity index (χ3v) is 2.54. The summed E-state index contributed by atoms with van der Waals surface area (Å²) in [6.45, 7) is 2.21. The van der Waals surface area contributed by atoms with Gasteiger partial charge < -0.3 is 15.4 Å². The largest absolute Gasteiger partial charge is 0.416 e. The van der Waals surface area contributed by atoms with E-state index in [4.69, 9.17) is 4.74 Å². The number of hydrogen-bond acceptors (Lipinski definition) is 3. The minimum atomic E-state index is -4.39. The lowest BCUT2D eigenvalue weighted by Gasteiger charge is -2.09. The van der Waals surface area contributed by atoms with Crippen LogP contribution in [0, 0.1) is 0 Å². The van der Waals surface area contributed by atoms with Gasteiger partial charge in [0.1, 0.15) is 0 Å². The van der Waals surface area contributed by atoms with E-state index in [-0.39, 0.29) is 5.56 Å². The number of ether oxygens (including phenoxy) is 1. The topological polar surface area (TPSA) is 50.4 Å². The summed E-state index contributed by atoms with van der Waals surface area (Å²) in [6, 6.07) is 4.12. The number of benzene rings is 1. The molecular formula is C13H17F3N2O2. The van der Waals surface area contributed by atoms with Crippen molar-refractivity contribution in [2.75, 3.05) is 33.4 Å². The van der Waals surface area contributed by atoms with E-state index in [1.165, 1.54) is 0 Å². The van der Waals surface area contributed by atoms with Crippen molar-refractivity contribution < 1.29 is 22.7 Å². The average Bonchev–Trinajstić information content (AvgIpc) is 2.41. The number of halogens is 3. The van der Waals surface area contributed by atoms with Crippen molar-refractivity contribution in [3.05, 3.63) is 35.4 Å². The Morgan fingerprint density at radius 3 is 2.35 bits per heavy atom. The molecule has 0 saturated heterocycles. The highest BCUT2D eigenvalue weighted by Crippen LogP contribution is 2.28. The monoisotopic (exact) mass is 290 g/mol. The van der Waals surface area contributed by atoms with E-state index in [0.29, 0.717) is 26.2 Å². The predicted octanol–water partition coefficient (Wildman–Crippen LogP) is 1.67. The van der Waals surface area contributed by atoms with Gasteiger partial charge >= 0.3 is 6.18 Å². The van der Waals surface area contributed by atoms with Crippen molar-refractivity contribution in [2.45, 2.75) is 6.18 Å². The van der Waals surface area contributed by atoms with Crippen molar-refractivity contribution in [1.82, 2.24) is 10.6 Å². The molecular weight excluding hydrogens is 273 g/mol. The minimum Gasteiger partial charge on any atom is -0.383 e. The summed E-state index contributed by atoms with van der Waals surface area (Å²) in [5.74, 6) is -0.396. The maximum atomic E-state index is 12.4. The number of carbonyl (C=O) groups excluding carboxylic acids is 1. The average molecular weight is 290 g/mol. The van der Waals surface area contributed by atoms with Crippen LogP contribution in [0.3, 0.4) is 0 Å². The first-order chi connectivity index (χ1) is 9.45. The van der Waals surface area contributed by atoms with Crippen molar-refractivity contribution in [1.29, 1.82) is 0 Å². The minimum absolute atomic E-state index is 0.204. The maximum absolute atomic E-state index is 12.4. The van der Waals surface area contributed by atoms with Crippen LogP contribution in [0.1, 0.15) is 15.9 Å². The molecule has 20 heavy (non-hydrogen) atoms. The highest BCUT2D eigenvalue weighted by molar-refractivity contribution is 5.94. The van der Waals surface area contributed by atoms with Crippen LogP contribution in [0.2, 0.25) is 0 Å². The van der Waals surface area contributed by atoms with Gasteiger partial charge in [0.15, 0.2) is 0 Å². The summed E-state index contributed by atoms with van der Waals surface area (Å²) < 4.78 is 41.9. The second-order valence-corrected chi connectivity index (χ2v) is 4.07. The van der Waals surface area contributed by atoms with E-state index in [0.717, 1.165) is 24.3 Å². The molecule has 2 N–H and O–H groups in total. The number of hydrogen-bond donors (Lipinski definition) is 2. The zero-order chi connectivity index (χ0) is 15.0. The molecule has 1 aromatic rings. The zero-order valence-corrected chi connectivity index (χ0v) is 11.1. The number of alkyl halides is 3. The van der Waals surface area contributed by atoms with Crippen LogP contribution in [0.5, 0.6) is 0 Å². The van der Waals surface area contributed by atoms with E-state index >= 15 is 0 Å². The highest BCUT2D eigenvalue weighted by Gasteiger charge is 2.30. The van der Waals surface area contributed by atoms with Crippen molar-refractivity contribution in [3.8, 4) is 0 Å². The second-order valence-electron chi connectivity index (χ2n) is 4.07. The molecule has 0 aromatic heterocycles. The van der Waals surface area contributed by atoms with E-state index < -0.39 is 17.6 Å². The smallest absolute Gasteiger partial charge is 0.383 e. The molecule has 0 aliphatic carbocycles. The Morgan fingerprint density at radius 1 is 1.15 bits per heavy atom. The Balaban J connectivity index is 2.37. The predicted molar refractivity (Wildman–Crippen MR) is 68.5 cm³/mol. The molecule has 1 amide bonds. The third-order valence-electron chi connectivity index (χ3n) is 2.54. The molecule has 0 atom stereocenters. The van der Waals surface area contributed by atoms with Gasteiger partial charge in [0.2, 0.25) is 0 Å². The molecule has 0 aliphatic heterocycles. The Morgan fingerprint density at radius 2 is 1.80 bits per heavy atom. The van der Waals surface area contributed by atoms with Crippen LogP contribution in [0.4, 0.5) is 13.2 Å². The number of rotatable bonds is 7. The lowest BCUT2D eigenvalue weighted by atomic mass is 10.1. The highest BCUT2D eigenvalue weighted by atomic mass is 19.4. The summed E-state index contributed by atoms with van der Waals surface area (Å²) in [5, 5.41) is 5.64. The molecule has 4 nitrogen and oxygen atoms in total. The van der Waals surface area contributed by atoms with Gasteiger partial charge in [-0.25, -0.2) is 0 Å². The van der Waals surface area contributed by atoms with Crippen LogP contribution in [-0.2, 0) is 10.9 Å². The van der Waals surface area contributed by atoms with E-state index in [1.54, 1.807) is 7.11 Å².